The Kier molecular flexibility index (Phi) is 5.59. The molecule has 0 bridgehead atoms. The lowest BCUT2D eigenvalue weighted by molar-refractivity contribution is -0.113. The van der Waals surface area contributed by atoms with Crippen LogP contribution in [0.2, 0.25) is 5.02 Å². The highest BCUT2D eigenvalue weighted by atomic mass is 35.5. The topological polar surface area (TPSA) is 94.8 Å². The van der Waals surface area contributed by atoms with Gasteiger partial charge in [-0.2, -0.15) is 4.68 Å². The normalized spacial score (nSPS) is 10.8. The van der Waals surface area contributed by atoms with E-state index in [0.717, 1.165) is 5.69 Å². The monoisotopic (exact) mass is 426 g/mol. The number of fused-ring (bicyclic) bond motifs is 1. The molecule has 2 heterocycles. The number of carbonyl (C=O) groups excluding carboxylic acids is 1. The van der Waals surface area contributed by atoms with Crippen LogP contribution >= 0.6 is 23.4 Å². The number of thioether (sulfide) groups is 1. The van der Waals surface area contributed by atoms with E-state index in [-0.39, 0.29) is 11.7 Å². The van der Waals surface area contributed by atoms with E-state index < -0.39 is 0 Å². The van der Waals surface area contributed by atoms with E-state index in [1.165, 1.54) is 18.1 Å². The van der Waals surface area contributed by atoms with Gasteiger partial charge in [0, 0.05) is 16.8 Å². The second-order valence-electron chi connectivity index (χ2n) is 5.90. The Morgan fingerprint density at radius 1 is 1.21 bits per heavy atom. The molecule has 0 fully saturated rings. The van der Waals surface area contributed by atoms with Crippen LogP contribution in [0.25, 0.3) is 16.9 Å². The van der Waals surface area contributed by atoms with Crippen LogP contribution in [-0.2, 0) is 4.79 Å². The third kappa shape index (κ3) is 4.30. The average Bonchev–Trinajstić information content (AvgIpc) is 3.17. The molecule has 0 aliphatic rings. The summed E-state index contributed by atoms with van der Waals surface area (Å²) < 4.78 is 6.87. The van der Waals surface area contributed by atoms with Gasteiger partial charge in [0.2, 0.25) is 5.91 Å². The van der Waals surface area contributed by atoms with Crippen molar-refractivity contribution in [3.63, 3.8) is 0 Å². The standard InChI is InChI=1S/C19H15ClN6O2S/c1-28-15-7-3-6-14(9-15)26-18-17(24-25-26)19(22-11-21-18)29-10-16(27)23-13-5-2-4-12(20)8-13/h2-9,11H,10H2,1H3,(H,23,27). The van der Waals surface area contributed by atoms with Crippen LogP contribution in [0.15, 0.2) is 59.9 Å². The van der Waals surface area contributed by atoms with Gasteiger partial charge in [-0.05, 0) is 30.3 Å². The number of aromatic nitrogens is 5. The summed E-state index contributed by atoms with van der Waals surface area (Å²) in [6, 6.07) is 14.4. The van der Waals surface area contributed by atoms with E-state index in [4.69, 9.17) is 16.3 Å². The molecule has 0 aliphatic carbocycles. The maximum atomic E-state index is 12.3. The number of anilines is 1. The third-order valence-corrected chi connectivity index (χ3v) is 5.16. The predicted molar refractivity (Wildman–Crippen MR) is 112 cm³/mol. The molecule has 29 heavy (non-hydrogen) atoms. The van der Waals surface area contributed by atoms with Crippen molar-refractivity contribution in [1.29, 1.82) is 0 Å². The Morgan fingerprint density at radius 2 is 2.07 bits per heavy atom. The number of benzene rings is 2. The zero-order valence-corrected chi connectivity index (χ0v) is 16.8. The van der Waals surface area contributed by atoms with Crippen LogP contribution in [-0.4, -0.2) is 43.7 Å². The van der Waals surface area contributed by atoms with E-state index in [1.807, 2.05) is 24.3 Å². The zero-order valence-electron chi connectivity index (χ0n) is 15.2. The van der Waals surface area contributed by atoms with Crippen LogP contribution in [0.3, 0.4) is 0 Å². The SMILES string of the molecule is COc1cccc(-n2nnc3c(SCC(=O)Nc4cccc(Cl)c4)ncnc32)c1. The lowest BCUT2D eigenvalue weighted by Gasteiger charge is -2.06. The van der Waals surface area contributed by atoms with E-state index in [9.17, 15) is 4.79 Å². The number of nitrogens with zero attached hydrogens (tertiary/aromatic N) is 5. The largest absolute Gasteiger partial charge is 0.497 e. The van der Waals surface area contributed by atoms with Gasteiger partial charge in [0.15, 0.2) is 11.2 Å². The minimum Gasteiger partial charge on any atom is -0.497 e. The molecule has 0 atom stereocenters. The molecule has 2 aromatic heterocycles. The first-order valence-electron chi connectivity index (χ1n) is 8.53. The van der Waals surface area contributed by atoms with E-state index >= 15 is 0 Å². The molecule has 4 aromatic rings. The van der Waals surface area contributed by atoms with E-state index in [1.54, 1.807) is 36.1 Å². The summed E-state index contributed by atoms with van der Waals surface area (Å²) >= 11 is 7.20. The first kappa shape index (κ1) is 19.2. The number of nitrogens with one attached hydrogen (secondary N) is 1. The second kappa shape index (κ2) is 8.46. The number of hydrogen-bond donors (Lipinski definition) is 1. The van der Waals surface area contributed by atoms with Gasteiger partial charge in [0.05, 0.1) is 18.6 Å². The Morgan fingerprint density at radius 3 is 2.90 bits per heavy atom. The van der Waals surface area contributed by atoms with Crippen LogP contribution in [0, 0.1) is 0 Å². The molecule has 1 N–H and O–H groups in total. The molecule has 0 unspecified atom stereocenters. The number of amides is 1. The summed E-state index contributed by atoms with van der Waals surface area (Å²) in [5.74, 6) is 0.682. The molecule has 0 spiro atoms. The van der Waals surface area contributed by atoms with Gasteiger partial charge in [-0.1, -0.05) is 40.7 Å². The van der Waals surface area contributed by atoms with Crippen LogP contribution in [0.1, 0.15) is 0 Å². The molecule has 4 rings (SSSR count). The quantitative estimate of drug-likeness (QED) is 0.371. The zero-order chi connectivity index (χ0) is 20.2. The Hall–Kier alpha value is -3.17. The first-order valence-corrected chi connectivity index (χ1v) is 9.89. The smallest absolute Gasteiger partial charge is 0.234 e. The van der Waals surface area contributed by atoms with Crippen molar-refractivity contribution < 1.29 is 9.53 Å². The maximum Gasteiger partial charge on any atom is 0.234 e. The summed E-state index contributed by atoms with van der Waals surface area (Å²) in [5, 5.41) is 12.3. The molecule has 10 heteroatoms. The van der Waals surface area contributed by atoms with Gasteiger partial charge in [-0.25, -0.2) is 9.97 Å². The van der Waals surface area contributed by atoms with Crippen molar-refractivity contribution >= 4 is 46.1 Å². The highest BCUT2D eigenvalue weighted by Gasteiger charge is 2.15. The summed E-state index contributed by atoms with van der Waals surface area (Å²) in [6.07, 6.45) is 1.43. The summed E-state index contributed by atoms with van der Waals surface area (Å²) in [4.78, 5) is 20.8. The molecule has 8 nitrogen and oxygen atoms in total. The fourth-order valence-corrected chi connectivity index (χ4v) is 3.57. The number of methoxy groups -OCH3 is 1. The lowest BCUT2D eigenvalue weighted by atomic mass is 10.3. The van der Waals surface area contributed by atoms with Crippen LogP contribution in [0.4, 0.5) is 5.69 Å². The minimum absolute atomic E-state index is 0.157. The number of ether oxygens (including phenoxy) is 1. The van der Waals surface area contributed by atoms with Gasteiger partial charge in [-0.3, -0.25) is 4.79 Å². The molecule has 146 valence electrons. The minimum atomic E-state index is -0.177. The van der Waals surface area contributed by atoms with E-state index in [2.05, 4.69) is 25.6 Å². The molecular formula is C19H15ClN6O2S. The van der Waals surface area contributed by atoms with Gasteiger partial charge in [0.1, 0.15) is 17.1 Å². The third-order valence-electron chi connectivity index (χ3n) is 3.95. The molecule has 0 aliphatic heterocycles. The number of rotatable bonds is 6. The van der Waals surface area contributed by atoms with Crippen LogP contribution < -0.4 is 10.1 Å². The van der Waals surface area contributed by atoms with Gasteiger partial charge in [0.25, 0.3) is 0 Å². The Labute approximate surface area is 175 Å². The molecule has 0 saturated carbocycles. The van der Waals surface area contributed by atoms with Crippen molar-refractivity contribution in [3.8, 4) is 11.4 Å². The highest BCUT2D eigenvalue weighted by Crippen LogP contribution is 2.25. The average molecular weight is 427 g/mol. The predicted octanol–water partition coefficient (Wildman–Crippen LogP) is 3.60. The van der Waals surface area contributed by atoms with Crippen molar-refractivity contribution in [2.45, 2.75) is 5.03 Å². The summed E-state index contributed by atoms with van der Waals surface area (Å²) in [6.45, 7) is 0. The Bertz CT molecular complexity index is 1180. The first-order chi connectivity index (χ1) is 14.1. The molecule has 0 radical (unpaired) electrons. The second-order valence-corrected chi connectivity index (χ2v) is 7.30. The molecule has 2 aromatic carbocycles. The Balaban J connectivity index is 1.53. The van der Waals surface area contributed by atoms with Crippen molar-refractivity contribution in [2.75, 3.05) is 18.2 Å². The maximum absolute atomic E-state index is 12.3. The summed E-state index contributed by atoms with van der Waals surface area (Å²) in [7, 11) is 1.60. The highest BCUT2D eigenvalue weighted by molar-refractivity contribution is 8.00. The van der Waals surface area contributed by atoms with E-state index in [0.29, 0.717) is 32.6 Å². The molecule has 1 amide bonds. The number of carbonyl (C=O) groups is 1. The van der Waals surface area contributed by atoms with Crippen LogP contribution in [0.5, 0.6) is 5.75 Å². The summed E-state index contributed by atoms with van der Waals surface area (Å²) in [5.41, 5.74) is 2.47. The van der Waals surface area contributed by atoms with Gasteiger partial charge >= 0.3 is 0 Å². The van der Waals surface area contributed by atoms with Crippen molar-refractivity contribution in [2.24, 2.45) is 0 Å². The van der Waals surface area contributed by atoms with Crippen molar-refractivity contribution in [1.82, 2.24) is 25.0 Å². The van der Waals surface area contributed by atoms with Crippen molar-refractivity contribution in [3.05, 3.63) is 59.9 Å². The fourth-order valence-electron chi connectivity index (χ4n) is 2.65. The molecule has 0 saturated heterocycles. The lowest BCUT2D eigenvalue weighted by Crippen LogP contribution is -2.14. The fraction of sp³-hybridized carbons (Fsp3) is 0.105. The van der Waals surface area contributed by atoms with Gasteiger partial charge < -0.3 is 10.1 Å². The van der Waals surface area contributed by atoms with Gasteiger partial charge in [-0.15, -0.1) is 5.10 Å². The molecular weight excluding hydrogens is 412 g/mol. The number of halogens is 1. The number of hydrogen-bond acceptors (Lipinski definition) is 7.